The number of fused-ring (bicyclic) bond motifs is 1. The van der Waals surface area contributed by atoms with Gasteiger partial charge in [-0.1, -0.05) is 36.4 Å². The Bertz CT molecular complexity index is 992. The summed E-state index contributed by atoms with van der Waals surface area (Å²) < 4.78 is 73.2. The minimum atomic E-state index is -1.58. The zero-order valence-corrected chi connectivity index (χ0v) is 16.4. The third-order valence-electron chi connectivity index (χ3n) is 5.54. The highest BCUT2D eigenvalue weighted by atomic mass is 19.2. The fourth-order valence-corrected chi connectivity index (χ4v) is 4.01. The zero-order chi connectivity index (χ0) is 21.1. The van der Waals surface area contributed by atoms with Gasteiger partial charge in [0.15, 0.2) is 17.5 Å². The molecule has 154 valence electrons. The Balaban J connectivity index is 2.02. The number of allylic oxidation sites excluding steroid dienone is 4. The lowest BCUT2D eigenvalue weighted by Crippen LogP contribution is -2.14. The molecule has 0 aliphatic heterocycles. The summed E-state index contributed by atoms with van der Waals surface area (Å²) in [4.78, 5) is 0. The first-order chi connectivity index (χ1) is 13.9. The van der Waals surface area contributed by atoms with E-state index in [0.717, 1.165) is 6.07 Å². The normalized spacial score (nSPS) is 21.3. The van der Waals surface area contributed by atoms with Crippen molar-refractivity contribution < 1.29 is 22.0 Å². The van der Waals surface area contributed by atoms with E-state index < -0.39 is 46.0 Å². The fraction of sp³-hybridized carbons (Fsp3) is 0.333. The molecule has 3 rings (SSSR count). The van der Waals surface area contributed by atoms with Gasteiger partial charge in [0.05, 0.1) is 10.9 Å². The van der Waals surface area contributed by atoms with Crippen molar-refractivity contribution in [2.24, 2.45) is 11.8 Å². The summed E-state index contributed by atoms with van der Waals surface area (Å²) in [5.74, 6) is -6.83. The molecule has 0 aromatic heterocycles. The van der Waals surface area contributed by atoms with Crippen LogP contribution >= 0.6 is 0 Å². The van der Waals surface area contributed by atoms with Crippen LogP contribution in [0, 0.1) is 29.3 Å². The lowest BCUT2D eigenvalue weighted by molar-refractivity contribution is 0.304. The van der Waals surface area contributed by atoms with Crippen LogP contribution < -0.4 is 0 Å². The highest BCUT2D eigenvalue weighted by molar-refractivity contribution is 5.89. The van der Waals surface area contributed by atoms with E-state index in [1.54, 1.807) is 13.0 Å². The van der Waals surface area contributed by atoms with Gasteiger partial charge in [-0.25, -0.2) is 22.0 Å². The van der Waals surface area contributed by atoms with E-state index in [4.69, 9.17) is 0 Å². The van der Waals surface area contributed by atoms with Gasteiger partial charge in [-0.05, 0) is 56.9 Å². The molecule has 0 radical (unpaired) electrons. The third-order valence-corrected chi connectivity index (χ3v) is 5.54. The maximum absolute atomic E-state index is 14.8. The van der Waals surface area contributed by atoms with Gasteiger partial charge in [0.25, 0.3) is 0 Å². The first-order valence-corrected chi connectivity index (χ1v) is 9.80. The van der Waals surface area contributed by atoms with Crippen molar-refractivity contribution >= 4 is 22.7 Å². The van der Waals surface area contributed by atoms with Gasteiger partial charge in [-0.3, -0.25) is 0 Å². The van der Waals surface area contributed by atoms with Crippen molar-refractivity contribution in [2.45, 2.75) is 39.5 Å². The van der Waals surface area contributed by atoms with E-state index >= 15 is 0 Å². The molecule has 0 bridgehead atoms. The quantitative estimate of drug-likeness (QED) is 0.354. The molecule has 1 fully saturated rings. The molecule has 0 nitrogen and oxygen atoms in total. The first-order valence-electron chi connectivity index (χ1n) is 9.80. The standard InChI is InChI=1S/C24H23F5/c1-3-5-14-7-9-16(10-8-14)21(26)22(27)18-13-17-12-11-15(6-4-2)20(25)19(17)24(29)23(18)28/h3-6,11-14,16H,7-10H2,1-2H3/b5-3+,6-4+,22-21?. The number of rotatable bonds is 4. The summed E-state index contributed by atoms with van der Waals surface area (Å²) in [6, 6.07) is 3.73. The van der Waals surface area contributed by atoms with Gasteiger partial charge < -0.3 is 0 Å². The van der Waals surface area contributed by atoms with Crippen molar-refractivity contribution in [3.63, 3.8) is 0 Å². The predicted molar refractivity (Wildman–Crippen MR) is 108 cm³/mol. The van der Waals surface area contributed by atoms with Crippen LogP contribution in [-0.4, -0.2) is 0 Å². The molecule has 1 aliphatic carbocycles. The molecule has 0 atom stereocenters. The van der Waals surface area contributed by atoms with Crippen molar-refractivity contribution in [3.05, 3.63) is 70.8 Å². The van der Waals surface area contributed by atoms with Crippen molar-refractivity contribution in [1.29, 1.82) is 0 Å². The topological polar surface area (TPSA) is 0 Å². The van der Waals surface area contributed by atoms with Crippen molar-refractivity contribution in [1.82, 2.24) is 0 Å². The number of halogens is 5. The van der Waals surface area contributed by atoms with Crippen LogP contribution in [0.3, 0.4) is 0 Å². The van der Waals surface area contributed by atoms with Crippen molar-refractivity contribution in [3.8, 4) is 0 Å². The smallest absolute Gasteiger partial charge is 0.170 e. The van der Waals surface area contributed by atoms with E-state index in [1.807, 2.05) is 19.1 Å². The Labute approximate surface area is 167 Å². The van der Waals surface area contributed by atoms with E-state index in [0.29, 0.717) is 31.6 Å². The summed E-state index contributed by atoms with van der Waals surface area (Å²) in [5.41, 5.74) is -0.715. The van der Waals surface area contributed by atoms with Gasteiger partial charge in [-0.15, -0.1) is 0 Å². The van der Waals surface area contributed by atoms with Crippen LogP contribution in [0.2, 0.25) is 0 Å². The molecule has 0 heterocycles. The molecule has 0 amide bonds. The number of hydrogen-bond donors (Lipinski definition) is 0. The Morgan fingerprint density at radius 1 is 0.897 bits per heavy atom. The average molecular weight is 406 g/mol. The molecule has 2 aromatic carbocycles. The minimum absolute atomic E-state index is 0.0237. The second kappa shape index (κ2) is 8.93. The SMILES string of the molecule is C/C=C/c1ccc2cc(C(F)=C(F)C3CCC(/C=C/C)CC3)c(F)c(F)c2c1F. The largest absolute Gasteiger partial charge is 0.208 e. The van der Waals surface area contributed by atoms with E-state index in [-0.39, 0.29) is 10.9 Å². The summed E-state index contributed by atoms with van der Waals surface area (Å²) in [7, 11) is 0. The van der Waals surface area contributed by atoms with Crippen LogP contribution in [0.1, 0.15) is 50.7 Å². The maximum atomic E-state index is 14.8. The Kier molecular flexibility index (Phi) is 6.56. The lowest BCUT2D eigenvalue weighted by Gasteiger charge is -2.26. The molecular weight excluding hydrogens is 383 g/mol. The van der Waals surface area contributed by atoms with Gasteiger partial charge in [0.1, 0.15) is 11.6 Å². The summed E-state index contributed by atoms with van der Waals surface area (Å²) in [5, 5.41) is -0.591. The monoisotopic (exact) mass is 406 g/mol. The molecular formula is C24H23F5. The highest BCUT2D eigenvalue weighted by Gasteiger charge is 2.28. The number of hydrogen-bond acceptors (Lipinski definition) is 0. The highest BCUT2D eigenvalue weighted by Crippen LogP contribution is 2.40. The predicted octanol–water partition coefficient (Wildman–Crippen LogP) is 8.28. The molecule has 1 aliphatic rings. The minimum Gasteiger partial charge on any atom is -0.208 e. The Hall–Kier alpha value is -2.43. The van der Waals surface area contributed by atoms with Gasteiger partial charge in [0.2, 0.25) is 0 Å². The van der Waals surface area contributed by atoms with Gasteiger partial charge in [0, 0.05) is 11.5 Å². The van der Waals surface area contributed by atoms with Crippen LogP contribution in [0.15, 0.2) is 42.3 Å². The molecule has 29 heavy (non-hydrogen) atoms. The van der Waals surface area contributed by atoms with E-state index in [9.17, 15) is 22.0 Å². The van der Waals surface area contributed by atoms with Crippen LogP contribution in [0.4, 0.5) is 22.0 Å². The Morgan fingerprint density at radius 3 is 2.21 bits per heavy atom. The summed E-state index contributed by atoms with van der Waals surface area (Å²) in [6.07, 6.45) is 9.27. The molecule has 2 aromatic rings. The zero-order valence-electron chi connectivity index (χ0n) is 16.4. The molecule has 0 unspecified atom stereocenters. The third kappa shape index (κ3) is 4.14. The molecule has 0 N–H and O–H groups in total. The lowest BCUT2D eigenvalue weighted by atomic mass is 9.81. The molecule has 1 saturated carbocycles. The van der Waals surface area contributed by atoms with Crippen LogP contribution in [-0.2, 0) is 0 Å². The first kappa shape index (κ1) is 21.3. The van der Waals surface area contributed by atoms with E-state index in [2.05, 4.69) is 0 Å². The fourth-order valence-electron chi connectivity index (χ4n) is 4.01. The van der Waals surface area contributed by atoms with Gasteiger partial charge in [-0.2, -0.15) is 0 Å². The summed E-state index contributed by atoms with van der Waals surface area (Å²) >= 11 is 0. The number of benzene rings is 2. The van der Waals surface area contributed by atoms with Crippen LogP contribution in [0.5, 0.6) is 0 Å². The molecule has 0 spiro atoms. The molecule has 5 heteroatoms. The summed E-state index contributed by atoms with van der Waals surface area (Å²) in [6.45, 7) is 3.58. The second-order valence-electron chi connectivity index (χ2n) is 7.42. The second-order valence-corrected chi connectivity index (χ2v) is 7.42. The van der Waals surface area contributed by atoms with E-state index in [1.165, 1.54) is 18.2 Å². The molecule has 0 saturated heterocycles. The van der Waals surface area contributed by atoms with Crippen molar-refractivity contribution in [2.75, 3.05) is 0 Å². The van der Waals surface area contributed by atoms with Crippen LogP contribution in [0.25, 0.3) is 22.7 Å². The van der Waals surface area contributed by atoms with Gasteiger partial charge >= 0.3 is 0 Å². The average Bonchev–Trinajstić information content (AvgIpc) is 2.72. The maximum Gasteiger partial charge on any atom is 0.170 e. The Morgan fingerprint density at radius 2 is 1.59 bits per heavy atom.